The highest BCUT2D eigenvalue weighted by molar-refractivity contribution is 7.18. The van der Waals surface area contributed by atoms with Crippen molar-refractivity contribution in [1.29, 1.82) is 0 Å². The van der Waals surface area contributed by atoms with Gasteiger partial charge in [-0.3, -0.25) is 14.5 Å². The average Bonchev–Trinajstić information content (AvgIpc) is 4.23. The van der Waals surface area contributed by atoms with Crippen LogP contribution in [-0.2, 0) is 27.2 Å². The third-order valence-corrected chi connectivity index (χ3v) is 14.9. The summed E-state index contributed by atoms with van der Waals surface area (Å²) >= 11 is 3.15. The van der Waals surface area contributed by atoms with Gasteiger partial charge >= 0.3 is 12.1 Å². The second-order valence-electron chi connectivity index (χ2n) is 20.0. The Morgan fingerprint density at radius 1 is 0.797 bits per heavy atom. The molecule has 3 N–H and O–H groups in total. The minimum Gasteiger partial charge on any atom is -0.502 e. The second-order valence-corrected chi connectivity index (χ2v) is 22.1. The van der Waals surface area contributed by atoms with Gasteiger partial charge in [-0.05, 0) is 138 Å². The molecule has 9 rings (SSSR count). The lowest BCUT2D eigenvalue weighted by Crippen LogP contribution is -2.41. The van der Waals surface area contributed by atoms with E-state index in [1.807, 2.05) is 88.6 Å². The van der Waals surface area contributed by atoms with E-state index in [4.69, 9.17) is 27.4 Å². The van der Waals surface area contributed by atoms with Crippen LogP contribution in [0.2, 0.25) is 0 Å². The number of carboxylic acid groups (broad SMARTS) is 1. The van der Waals surface area contributed by atoms with E-state index in [2.05, 4.69) is 43.2 Å². The zero-order chi connectivity index (χ0) is 52.8. The van der Waals surface area contributed by atoms with E-state index in [0.717, 1.165) is 60.4 Å². The Bertz CT molecular complexity index is 3130. The number of hydrogen-bond donors (Lipinski definition) is 3. The molecule has 0 unspecified atom stereocenters. The zero-order valence-corrected chi connectivity index (χ0v) is 44.3. The summed E-state index contributed by atoms with van der Waals surface area (Å²) in [6.07, 6.45) is 6.53. The van der Waals surface area contributed by atoms with Crippen molar-refractivity contribution >= 4 is 52.0 Å². The fourth-order valence-corrected chi connectivity index (χ4v) is 11.5. The van der Waals surface area contributed by atoms with Gasteiger partial charge in [-0.25, -0.2) is 24.5 Å². The summed E-state index contributed by atoms with van der Waals surface area (Å²) in [5.41, 5.74) is 8.68. The maximum atomic E-state index is 12.9. The van der Waals surface area contributed by atoms with E-state index in [0.29, 0.717) is 55.2 Å². The van der Waals surface area contributed by atoms with Gasteiger partial charge in [0.25, 0.3) is 0 Å². The largest absolute Gasteiger partial charge is 0.502 e. The van der Waals surface area contributed by atoms with Gasteiger partial charge in [-0.1, -0.05) is 48.5 Å². The van der Waals surface area contributed by atoms with Crippen molar-refractivity contribution in [2.45, 2.75) is 117 Å². The Labute approximate surface area is 440 Å². The first-order chi connectivity index (χ1) is 35.4. The minimum absolute atomic E-state index is 0.00698. The number of carbonyl (C=O) groups excluding carboxylic acids is 2. The van der Waals surface area contributed by atoms with Crippen LogP contribution in [0.4, 0.5) is 16.2 Å². The third-order valence-electron chi connectivity index (χ3n) is 12.8. The van der Waals surface area contributed by atoms with Crippen LogP contribution in [0.5, 0.6) is 11.5 Å². The molecule has 2 amide bonds. The molecular formula is C57H61N7O8S2. The van der Waals surface area contributed by atoms with Crippen molar-refractivity contribution in [3.05, 3.63) is 130 Å². The number of nitrogens with one attached hydrogen (secondary N) is 1. The van der Waals surface area contributed by atoms with Crippen LogP contribution < -0.4 is 14.8 Å². The molecular weight excluding hydrogens is 975 g/mol. The SMILES string of the molecule is [C-]#[N+]c1cc(-c2ncc(-c3cccc4c3CC[C@@H]4N(CC(=O)O)C(=O)OC(C)(C)C)s2)ccc1OC(C)C.[C-]#[N+]c1cc(-c2ncc(-c3cccc4c3CC[C@@H]4NCC(=O)N3CC[C@H](O)C3)s2)ccc1OC(C)C. The number of nitrogens with zero attached hydrogens (tertiary/aromatic N) is 6. The molecule has 1 aliphatic heterocycles. The average molecular weight is 1040 g/mol. The number of aliphatic carboxylic acids is 1. The number of aliphatic hydroxyl groups excluding tert-OH is 1. The molecule has 2 aromatic heterocycles. The molecule has 384 valence electrons. The second kappa shape index (κ2) is 22.9. The number of thiazole rings is 2. The van der Waals surface area contributed by atoms with Gasteiger partial charge in [0.1, 0.15) is 33.7 Å². The van der Waals surface area contributed by atoms with Gasteiger partial charge in [0, 0.05) is 42.7 Å². The number of aliphatic hydroxyl groups is 1. The Hall–Kier alpha value is -7.15. The highest BCUT2D eigenvalue weighted by atomic mass is 32.1. The van der Waals surface area contributed by atoms with Crippen molar-refractivity contribution < 1.29 is 38.8 Å². The van der Waals surface area contributed by atoms with Crippen LogP contribution in [0.3, 0.4) is 0 Å². The molecule has 3 aliphatic rings. The number of carboxylic acids is 1. The topological polar surface area (TPSA) is 172 Å². The van der Waals surface area contributed by atoms with Crippen LogP contribution in [0.1, 0.15) is 102 Å². The molecule has 0 radical (unpaired) electrons. The van der Waals surface area contributed by atoms with Crippen molar-refractivity contribution in [3.63, 3.8) is 0 Å². The van der Waals surface area contributed by atoms with Gasteiger partial charge in [0.15, 0.2) is 0 Å². The fourth-order valence-electron chi connectivity index (χ4n) is 9.59. The number of fused-ring (bicyclic) bond motifs is 2. The Morgan fingerprint density at radius 2 is 1.34 bits per heavy atom. The molecule has 0 saturated carbocycles. The van der Waals surface area contributed by atoms with E-state index in [1.165, 1.54) is 32.9 Å². The lowest BCUT2D eigenvalue weighted by Gasteiger charge is -2.31. The third kappa shape index (κ3) is 12.4. The predicted molar refractivity (Wildman–Crippen MR) is 288 cm³/mol. The van der Waals surface area contributed by atoms with E-state index < -0.39 is 36.4 Å². The van der Waals surface area contributed by atoms with Gasteiger partial charge in [-0.2, -0.15) is 0 Å². The van der Waals surface area contributed by atoms with Crippen molar-refractivity contribution in [3.8, 4) is 53.5 Å². The molecule has 0 bridgehead atoms. The standard InChI is InChI=1S/C29H31N3O5S.C28H30N4O3S/c1-17(2)36-24-13-10-18(14-22(24)30-6)27-31-15-25(38-27)21-9-7-8-20-19(21)11-12-23(20)32(16-26(33)34)28(35)37-29(3,4)5;1-17(2)35-25-10-7-18(13-24(25)29-3)28-31-14-26(36-28)22-6-4-5-21-20(22)8-9-23(21)30-15-27(34)32-12-11-19(33)16-32/h7-10,13-15,17,23H,11-12,16H2,1-5H3,(H,33,34);4-7,10,13-14,17,19,23,30,33H,8-9,11-12,15-16H2,1-2H3/t23-;19-,23-/m00/s1. The van der Waals surface area contributed by atoms with E-state index in [1.54, 1.807) is 43.1 Å². The number of hydrogen-bond acceptors (Lipinski definition) is 12. The summed E-state index contributed by atoms with van der Waals surface area (Å²) in [4.78, 5) is 58.8. The van der Waals surface area contributed by atoms with Crippen molar-refractivity contribution in [2.75, 3.05) is 26.2 Å². The number of aromatic nitrogens is 2. The Morgan fingerprint density at radius 3 is 1.84 bits per heavy atom. The van der Waals surface area contributed by atoms with E-state index in [-0.39, 0.29) is 30.7 Å². The molecule has 15 nitrogen and oxygen atoms in total. The Kier molecular flexibility index (Phi) is 16.5. The molecule has 1 saturated heterocycles. The number of β-amino-alcohol motifs (C(OH)–C–C–N with tert-alkyl or cyclic N) is 1. The highest BCUT2D eigenvalue weighted by Crippen LogP contribution is 2.45. The molecule has 17 heteroatoms. The molecule has 74 heavy (non-hydrogen) atoms. The lowest BCUT2D eigenvalue weighted by atomic mass is 10.0. The smallest absolute Gasteiger partial charge is 0.411 e. The number of likely N-dealkylation sites (tertiary alicyclic amines) is 1. The summed E-state index contributed by atoms with van der Waals surface area (Å²) in [6, 6.07) is 23.2. The molecule has 1 fully saturated rings. The number of carbonyl (C=O) groups is 3. The van der Waals surface area contributed by atoms with Gasteiger partial charge in [0.2, 0.25) is 17.3 Å². The van der Waals surface area contributed by atoms with Gasteiger partial charge in [0.05, 0.1) is 53.8 Å². The van der Waals surface area contributed by atoms with Crippen molar-refractivity contribution in [2.24, 2.45) is 0 Å². The molecule has 6 aromatic rings. The lowest BCUT2D eigenvalue weighted by molar-refractivity contribution is -0.139. The predicted octanol–water partition coefficient (Wildman–Crippen LogP) is 12.1. The van der Waals surface area contributed by atoms with Crippen LogP contribution in [0.25, 0.3) is 51.7 Å². The summed E-state index contributed by atoms with van der Waals surface area (Å²) in [5, 5.41) is 24.3. The summed E-state index contributed by atoms with van der Waals surface area (Å²) in [6.45, 7) is 29.0. The monoisotopic (exact) mass is 1040 g/mol. The summed E-state index contributed by atoms with van der Waals surface area (Å²) in [5.74, 6) is 0.112. The van der Waals surface area contributed by atoms with Crippen LogP contribution >= 0.6 is 22.7 Å². The first-order valence-corrected chi connectivity index (χ1v) is 26.5. The molecule has 0 spiro atoms. The molecule has 3 heterocycles. The molecule has 4 aromatic carbocycles. The fraction of sp³-hybridized carbons (Fsp3) is 0.386. The number of benzene rings is 4. The van der Waals surface area contributed by atoms with E-state index in [9.17, 15) is 24.6 Å². The van der Waals surface area contributed by atoms with Crippen LogP contribution in [0, 0.1) is 13.1 Å². The van der Waals surface area contributed by atoms with Crippen LogP contribution in [-0.4, -0.2) is 98.0 Å². The highest BCUT2D eigenvalue weighted by Gasteiger charge is 2.36. The van der Waals surface area contributed by atoms with E-state index >= 15 is 0 Å². The number of rotatable bonds is 14. The molecule has 2 aliphatic carbocycles. The molecule has 3 atom stereocenters. The first-order valence-electron chi connectivity index (χ1n) is 24.8. The Balaban J connectivity index is 0.000000197. The number of amides is 2. The quantitative estimate of drug-likeness (QED) is 0.0887. The summed E-state index contributed by atoms with van der Waals surface area (Å²) < 4.78 is 17.0. The van der Waals surface area contributed by atoms with Gasteiger partial charge in [-0.15, -0.1) is 22.7 Å². The summed E-state index contributed by atoms with van der Waals surface area (Å²) in [7, 11) is 0. The van der Waals surface area contributed by atoms with Gasteiger partial charge < -0.3 is 34.6 Å². The van der Waals surface area contributed by atoms with Crippen LogP contribution in [0.15, 0.2) is 85.2 Å². The maximum Gasteiger partial charge on any atom is 0.411 e. The maximum absolute atomic E-state index is 12.9. The minimum atomic E-state index is -1.09. The first kappa shape index (κ1) is 53.2. The zero-order valence-electron chi connectivity index (χ0n) is 42.7. The normalized spacial score (nSPS) is 16.7. The number of ether oxygens (including phenoxy) is 3. The van der Waals surface area contributed by atoms with Crippen molar-refractivity contribution in [1.82, 2.24) is 25.1 Å².